The molecule has 1 fully saturated rings. The number of nitrogens with one attached hydrogen (secondary N) is 1. The highest BCUT2D eigenvalue weighted by atomic mass is 16.7. The van der Waals surface area contributed by atoms with E-state index in [2.05, 4.69) is 5.32 Å². The second-order valence-corrected chi connectivity index (χ2v) is 7.37. The fourth-order valence-corrected chi connectivity index (χ4v) is 3.33. The average Bonchev–Trinajstić information content (AvgIpc) is 2.70. The van der Waals surface area contributed by atoms with Crippen LogP contribution in [0.4, 0.5) is 0 Å². The molecule has 11 heteroatoms. The van der Waals surface area contributed by atoms with E-state index in [1.807, 2.05) is 0 Å². The maximum atomic E-state index is 12.6. The number of amides is 1. The van der Waals surface area contributed by atoms with Gasteiger partial charge in [-0.1, -0.05) is 30.3 Å². The molecule has 1 saturated heterocycles. The normalized spacial score (nSPS) is 24.2. The third-order valence-electron chi connectivity index (χ3n) is 4.51. The molecule has 0 radical (unpaired) electrons. The molecule has 0 spiro atoms. The van der Waals surface area contributed by atoms with Crippen molar-refractivity contribution in [2.45, 2.75) is 64.8 Å². The van der Waals surface area contributed by atoms with Crippen LogP contribution in [0, 0.1) is 0 Å². The fourth-order valence-electron chi connectivity index (χ4n) is 3.33. The van der Waals surface area contributed by atoms with Crippen molar-refractivity contribution in [1.29, 1.82) is 0 Å². The van der Waals surface area contributed by atoms with Gasteiger partial charge in [0.15, 0.2) is 12.2 Å². The quantitative estimate of drug-likeness (QED) is 0.424. The lowest BCUT2D eigenvalue weighted by atomic mass is 9.96. The van der Waals surface area contributed by atoms with Crippen LogP contribution >= 0.6 is 0 Å². The van der Waals surface area contributed by atoms with Gasteiger partial charge >= 0.3 is 23.9 Å². The Kier molecular flexibility index (Phi) is 9.34. The molecular weight excluding hydrogens is 438 g/mol. The van der Waals surface area contributed by atoms with E-state index in [0.29, 0.717) is 5.56 Å². The van der Waals surface area contributed by atoms with Gasteiger partial charge in [-0.25, -0.2) is 0 Å². The summed E-state index contributed by atoms with van der Waals surface area (Å²) in [5, 5.41) is 2.53. The molecule has 1 aromatic rings. The molecule has 0 saturated carbocycles. The first-order valence-corrected chi connectivity index (χ1v) is 10.2. The lowest BCUT2D eigenvalue weighted by Crippen LogP contribution is -2.66. The van der Waals surface area contributed by atoms with Crippen molar-refractivity contribution >= 4 is 29.8 Å². The highest BCUT2D eigenvalue weighted by molar-refractivity contribution is 5.75. The van der Waals surface area contributed by atoms with E-state index in [-0.39, 0.29) is 13.0 Å². The van der Waals surface area contributed by atoms with E-state index in [9.17, 15) is 24.0 Å². The maximum absolute atomic E-state index is 12.6. The molecule has 0 unspecified atom stereocenters. The summed E-state index contributed by atoms with van der Waals surface area (Å²) in [5.74, 6) is -3.32. The summed E-state index contributed by atoms with van der Waals surface area (Å²) in [7, 11) is 0. The average molecular weight is 465 g/mol. The molecule has 1 aromatic carbocycles. The number of hydrogen-bond acceptors (Lipinski definition) is 10. The van der Waals surface area contributed by atoms with Crippen LogP contribution < -0.4 is 5.32 Å². The highest BCUT2D eigenvalue weighted by Crippen LogP contribution is 2.28. The van der Waals surface area contributed by atoms with Gasteiger partial charge in [-0.2, -0.15) is 0 Å². The van der Waals surface area contributed by atoms with E-state index in [1.54, 1.807) is 30.3 Å². The predicted molar refractivity (Wildman–Crippen MR) is 110 cm³/mol. The number of esters is 4. The van der Waals surface area contributed by atoms with Crippen molar-refractivity contribution in [3.63, 3.8) is 0 Å². The van der Waals surface area contributed by atoms with Crippen LogP contribution in [0.2, 0.25) is 0 Å². The molecule has 1 amide bonds. The summed E-state index contributed by atoms with van der Waals surface area (Å²) < 4.78 is 26.9. The second kappa shape index (κ2) is 12.0. The largest absolute Gasteiger partial charge is 0.463 e. The van der Waals surface area contributed by atoms with Crippen LogP contribution in [-0.2, 0) is 54.1 Å². The summed E-state index contributed by atoms with van der Waals surface area (Å²) in [6.07, 6.45) is -5.22. The Hall–Kier alpha value is -3.47. The Bertz CT molecular complexity index is 871. The number of ether oxygens (including phenoxy) is 5. The zero-order chi connectivity index (χ0) is 24.5. The number of benzene rings is 1. The first-order chi connectivity index (χ1) is 15.6. The van der Waals surface area contributed by atoms with Crippen molar-refractivity contribution in [2.75, 3.05) is 6.61 Å². The SMILES string of the molecule is CC(=O)N[C@H]1[C@@H](OC(=O)Cc2ccccc2)O[C@@H](COC(C)=O)[C@@H](OC(C)=O)[C@H]1OC(C)=O. The molecule has 1 N–H and O–H groups in total. The lowest BCUT2D eigenvalue weighted by molar-refractivity contribution is -0.271. The zero-order valence-corrected chi connectivity index (χ0v) is 18.8. The molecule has 1 aliphatic heterocycles. The van der Waals surface area contributed by atoms with Gasteiger partial charge in [-0.15, -0.1) is 0 Å². The van der Waals surface area contributed by atoms with E-state index in [0.717, 1.165) is 13.8 Å². The van der Waals surface area contributed by atoms with Crippen LogP contribution in [0.5, 0.6) is 0 Å². The third kappa shape index (κ3) is 8.19. The molecular formula is C22H27NO10. The van der Waals surface area contributed by atoms with Crippen LogP contribution in [0.25, 0.3) is 0 Å². The minimum Gasteiger partial charge on any atom is -0.463 e. The Morgan fingerprint density at radius 1 is 0.848 bits per heavy atom. The molecule has 33 heavy (non-hydrogen) atoms. The second-order valence-electron chi connectivity index (χ2n) is 7.37. The third-order valence-corrected chi connectivity index (χ3v) is 4.51. The van der Waals surface area contributed by atoms with Gasteiger partial charge in [0.25, 0.3) is 0 Å². The monoisotopic (exact) mass is 465 g/mol. The number of hydrogen-bond donors (Lipinski definition) is 1. The molecule has 1 heterocycles. The molecule has 0 aliphatic carbocycles. The summed E-state index contributed by atoms with van der Waals surface area (Å²) in [5.41, 5.74) is 0.681. The zero-order valence-electron chi connectivity index (χ0n) is 18.8. The van der Waals surface area contributed by atoms with Gasteiger partial charge in [0.05, 0.1) is 6.42 Å². The van der Waals surface area contributed by atoms with E-state index >= 15 is 0 Å². The smallest absolute Gasteiger partial charge is 0.312 e. The Labute approximate surface area is 190 Å². The minimum absolute atomic E-state index is 0.0896. The molecule has 2 rings (SSSR count). The van der Waals surface area contributed by atoms with Crippen molar-refractivity contribution in [3.8, 4) is 0 Å². The molecule has 0 bridgehead atoms. The summed E-state index contributed by atoms with van der Waals surface area (Å²) in [6.45, 7) is 4.25. The van der Waals surface area contributed by atoms with Gasteiger partial charge in [-0.05, 0) is 5.56 Å². The Morgan fingerprint density at radius 3 is 2.00 bits per heavy atom. The summed E-state index contributed by atoms with van der Waals surface area (Å²) in [4.78, 5) is 59.3. The topological polar surface area (TPSA) is 144 Å². The Morgan fingerprint density at radius 2 is 1.45 bits per heavy atom. The van der Waals surface area contributed by atoms with Gasteiger partial charge in [-0.3, -0.25) is 24.0 Å². The number of rotatable bonds is 8. The van der Waals surface area contributed by atoms with Crippen molar-refractivity contribution in [1.82, 2.24) is 5.32 Å². The van der Waals surface area contributed by atoms with Gasteiger partial charge in [0.2, 0.25) is 12.2 Å². The molecule has 1 aliphatic rings. The van der Waals surface area contributed by atoms with E-state index in [1.165, 1.54) is 13.8 Å². The molecule has 0 aromatic heterocycles. The summed E-state index contributed by atoms with van der Waals surface area (Å²) >= 11 is 0. The van der Waals surface area contributed by atoms with Crippen molar-refractivity contribution in [2.24, 2.45) is 0 Å². The van der Waals surface area contributed by atoms with E-state index < -0.39 is 60.4 Å². The molecule has 11 nitrogen and oxygen atoms in total. The minimum atomic E-state index is -1.43. The van der Waals surface area contributed by atoms with Gasteiger partial charge in [0.1, 0.15) is 18.8 Å². The predicted octanol–water partition coefficient (Wildman–Crippen LogP) is 0.428. The van der Waals surface area contributed by atoms with Crippen molar-refractivity contribution in [3.05, 3.63) is 35.9 Å². The van der Waals surface area contributed by atoms with Crippen molar-refractivity contribution < 1.29 is 47.7 Å². The standard InChI is InChI=1S/C22H27NO10/c1-12(24)23-19-21(31-15(4)27)20(30-14(3)26)17(11-29-13(2)25)32-22(19)33-18(28)10-16-8-6-5-7-9-16/h5-9,17,19-22H,10-11H2,1-4H3,(H,23,24)/t17-,19+,20+,21-,22+/m0/s1. The lowest BCUT2D eigenvalue weighted by Gasteiger charge is -2.44. The van der Waals surface area contributed by atoms with Crippen LogP contribution in [0.1, 0.15) is 33.3 Å². The number of carbonyl (C=O) groups is 5. The highest BCUT2D eigenvalue weighted by Gasteiger charge is 2.52. The van der Waals surface area contributed by atoms with Crippen LogP contribution in [0.15, 0.2) is 30.3 Å². The van der Waals surface area contributed by atoms with Gasteiger partial charge in [0, 0.05) is 27.7 Å². The number of carbonyl (C=O) groups excluding carboxylic acids is 5. The maximum Gasteiger partial charge on any atom is 0.312 e. The van der Waals surface area contributed by atoms with Gasteiger partial charge < -0.3 is 29.0 Å². The molecule has 5 atom stereocenters. The van der Waals surface area contributed by atoms with E-state index in [4.69, 9.17) is 23.7 Å². The van der Waals surface area contributed by atoms with Crippen LogP contribution in [0.3, 0.4) is 0 Å². The first-order valence-electron chi connectivity index (χ1n) is 10.2. The first kappa shape index (κ1) is 25.8. The van der Waals surface area contributed by atoms with Crippen LogP contribution in [-0.4, -0.2) is 67.0 Å². The Balaban J connectivity index is 2.35. The molecule has 180 valence electrons. The fraction of sp³-hybridized carbons (Fsp3) is 0.500. The summed E-state index contributed by atoms with van der Waals surface area (Å²) in [6, 6.07) is 7.57.